The van der Waals surface area contributed by atoms with E-state index < -0.39 is 5.60 Å². The van der Waals surface area contributed by atoms with Gasteiger partial charge in [0.1, 0.15) is 5.60 Å². The number of rotatable bonds is 2. The Morgan fingerprint density at radius 1 is 1.23 bits per heavy atom. The number of hydrogen-bond acceptors (Lipinski definition) is 3. The van der Waals surface area contributed by atoms with Crippen LogP contribution in [0.3, 0.4) is 0 Å². The molecule has 1 N–H and O–H groups in total. The molecule has 1 aromatic rings. The topological polar surface area (TPSA) is 41.6 Å². The van der Waals surface area contributed by atoms with E-state index in [2.05, 4.69) is 29.6 Å². The lowest BCUT2D eigenvalue weighted by atomic mass is 9.96. The minimum absolute atomic E-state index is 0.206. The molecule has 1 unspecified atom stereocenters. The predicted molar refractivity (Wildman–Crippen MR) is 87.0 cm³/mol. The summed E-state index contributed by atoms with van der Waals surface area (Å²) in [6, 6.07) is 8.85. The van der Waals surface area contributed by atoms with E-state index in [1.54, 1.807) is 0 Å². The van der Waals surface area contributed by atoms with Gasteiger partial charge < -0.3 is 15.0 Å². The van der Waals surface area contributed by atoms with Crippen LogP contribution in [0.4, 0.5) is 4.79 Å². The standard InChI is InChI=1S/C18H26N2O2/c1-18(2,3)22-17(21)20-11-10-19-16(12-20)15-7-5-4-6-14(15)13-8-9-13/h4-7,13,16,19H,8-12H2,1-3H3. The fraction of sp³-hybridized carbons (Fsp3) is 0.611. The van der Waals surface area contributed by atoms with Crippen LogP contribution in [-0.4, -0.2) is 36.2 Å². The maximum atomic E-state index is 12.3. The van der Waals surface area contributed by atoms with Crippen LogP contribution < -0.4 is 5.32 Å². The van der Waals surface area contributed by atoms with Crippen molar-refractivity contribution in [2.75, 3.05) is 19.6 Å². The number of carbonyl (C=O) groups excluding carboxylic acids is 1. The van der Waals surface area contributed by atoms with Gasteiger partial charge in [-0.25, -0.2) is 4.79 Å². The molecule has 0 radical (unpaired) electrons. The molecule has 1 aromatic carbocycles. The second-order valence-corrected chi connectivity index (χ2v) is 7.34. The van der Waals surface area contributed by atoms with Gasteiger partial charge in [-0.2, -0.15) is 0 Å². The van der Waals surface area contributed by atoms with Crippen LogP contribution in [0.2, 0.25) is 0 Å². The van der Waals surface area contributed by atoms with Crippen molar-refractivity contribution in [1.82, 2.24) is 10.2 Å². The third-order valence-corrected chi connectivity index (χ3v) is 4.22. The van der Waals surface area contributed by atoms with Crippen LogP contribution in [0.15, 0.2) is 24.3 Å². The van der Waals surface area contributed by atoms with Crippen molar-refractivity contribution in [3.05, 3.63) is 35.4 Å². The summed E-state index contributed by atoms with van der Waals surface area (Å²) >= 11 is 0. The van der Waals surface area contributed by atoms with Gasteiger partial charge in [0.15, 0.2) is 0 Å². The molecule has 1 heterocycles. The van der Waals surface area contributed by atoms with Crippen molar-refractivity contribution in [2.24, 2.45) is 0 Å². The highest BCUT2D eigenvalue weighted by molar-refractivity contribution is 5.68. The van der Waals surface area contributed by atoms with Gasteiger partial charge in [0.25, 0.3) is 0 Å². The van der Waals surface area contributed by atoms with E-state index >= 15 is 0 Å². The average Bonchev–Trinajstić information content (AvgIpc) is 3.30. The first-order chi connectivity index (χ1) is 10.4. The van der Waals surface area contributed by atoms with Gasteiger partial charge in [0.05, 0.1) is 6.04 Å². The minimum Gasteiger partial charge on any atom is -0.444 e. The Morgan fingerprint density at radius 2 is 1.91 bits per heavy atom. The predicted octanol–water partition coefficient (Wildman–Crippen LogP) is 3.45. The smallest absolute Gasteiger partial charge is 0.410 e. The number of amides is 1. The molecular formula is C18H26N2O2. The highest BCUT2D eigenvalue weighted by Gasteiger charge is 2.32. The maximum Gasteiger partial charge on any atom is 0.410 e. The van der Waals surface area contributed by atoms with E-state index in [9.17, 15) is 4.79 Å². The third kappa shape index (κ3) is 3.61. The molecule has 3 rings (SSSR count). The van der Waals surface area contributed by atoms with Crippen molar-refractivity contribution in [1.29, 1.82) is 0 Å². The lowest BCUT2D eigenvalue weighted by Gasteiger charge is -2.35. The van der Waals surface area contributed by atoms with Crippen LogP contribution in [0.1, 0.15) is 56.7 Å². The quantitative estimate of drug-likeness (QED) is 0.910. The molecule has 1 amide bonds. The van der Waals surface area contributed by atoms with Gasteiger partial charge >= 0.3 is 6.09 Å². The molecule has 4 nitrogen and oxygen atoms in total. The van der Waals surface area contributed by atoms with Gasteiger partial charge in [-0.15, -0.1) is 0 Å². The molecule has 0 bridgehead atoms. The molecule has 1 saturated heterocycles. The average molecular weight is 302 g/mol. The minimum atomic E-state index is -0.441. The molecule has 120 valence electrons. The molecule has 1 atom stereocenters. The molecule has 2 aliphatic rings. The second kappa shape index (κ2) is 5.92. The molecule has 22 heavy (non-hydrogen) atoms. The van der Waals surface area contributed by atoms with E-state index in [-0.39, 0.29) is 12.1 Å². The third-order valence-electron chi connectivity index (χ3n) is 4.22. The highest BCUT2D eigenvalue weighted by Crippen LogP contribution is 2.43. The lowest BCUT2D eigenvalue weighted by molar-refractivity contribution is 0.0195. The number of nitrogens with one attached hydrogen (secondary N) is 1. The number of hydrogen-bond donors (Lipinski definition) is 1. The van der Waals surface area contributed by atoms with E-state index in [0.717, 1.165) is 12.5 Å². The molecule has 0 aromatic heterocycles. The van der Waals surface area contributed by atoms with Gasteiger partial charge in [-0.05, 0) is 50.7 Å². The largest absolute Gasteiger partial charge is 0.444 e. The van der Waals surface area contributed by atoms with Crippen molar-refractivity contribution in [3.63, 3.8) is 0 Å². The summed E-state index contributed by atoms with van der Waals surface area (Å²) in [5, 5.41) is 3.56. The summed E-state index contributed by atoms with van der Waals surface area (Å²) in [6.07, 6.45) is 2.38. The second-order valence-electron chi connectivity index (χ2n) is 7.34. The summed E-state index contributed by atoms with van der Waals surface area (Å²) in [4.78, 5) is 14.1. The zero-order chi connectivity index (χ0) is 15.7. The first kappa shape index (κ1) is 15.3. The maximum absolute atomic E-state index is 12.3. The molecule has 1 aliphatic carbocycles. The van der Waals surface area contributed by atoms with Gasteiger partial charge in [-0.3, -0.25) is 0 Å². The fourth-order valence-electron chi connectivity index (χ4n) is 3.04. The van der Waals surface area contributed by atoms with Crippen LogP contribution in [0, 0.1) is 0 Å². The Bertz CT molecular complexity index is 546. The van der Waals surface area contributed by atoms with Crippen molar-refractivity contribution >= 4 is 6.09 Å². The fourth-order valence-corrected chi connectivity index (χ4v) is 3.04. The van der Waals surface area contributed by atoms with Gasteiger partial charge in [0, 0.05) is 19.6 Å². The Balaban J connectivity index is 1.72. The highest BCUT2D eigenvalue weighted by atomic mass is 16.6. The molecule has 2 fully saturated rings. The van der Waals surface area contributed by atoms with E-state index in [0.29, 0.717) is 13.1 Å². The monoisotopic (exact) mass is 302 g/mol. The van der Waals surface area contributed by atoms with Crippen LogP contribution in [0.5, 0.6) is 0 Å². The summed E-state index contributed by atoms with van der Waals surface area (Å²) in [5.74, 6) is 0.718. The van der Waals surface area contributed by atoms with Gasteiger partial charge in [0.2, 0.25) is 0 Å². The van der Waals surface area contributed by atoms with Crippen molar-refractivity contribution in [3.8, 4) is 0 Å². The van der Waals surface area contributed by atoms with Crippen LogP contribution >= 0.6 is 0 Å². The Hall–Kier alpha value is -1.55. The summed E-state index contributed by atoms with van der Waals surface area (Å²) in [5.41, 5.74) is 2.35. The molecule has 0 spiro atoms. The lowest BCUT2D eigenvalue weighted by Crippen LogP contribution is -2.49. The molecule has 1 aliphatic heterocycles. The van der Waals surface area contributed by atoms with E-state index in [4.69, 9.17) is 4.74 Å². The zero-order valence-corrected chi connectivity index (χ0v) is 13.8. The molecule has 4 heteroatoms. The van der Waals surface area contributed by atoms with E-state index in [1.807, 2.05) is 25.7 Å². The Morgan fingerprint density at radius 3 is 2.55 bits per heavy atom. The number of benzene rings is 1. The van der Waals surface area contributed by atoms with Crippen LogP contribution in [0.25, 0.3) is 0 Å². The molecular weight excluding hydrogens is 276 g/mol. The number of carbonyl (C=O) groups is 1. The van der Waals surface area contributed by atoms with Gasteiger partial charge in [-0.1, -0.05) is 24.3 Å². The first-order valence-electron chi connectivity index (χ1n) is 8.24. The van der Waals surface area contributed by atoms with E-state index in [1.165, 1.54) is 24.0 Å². The number of nitrogens with zero attached hydrogens (tertiary/aromatic N) is 1. The zero-order valence-electron chi connectivity index (χ0n) is 13.8. The first-order valence-corrected chi connectivity index (χ1v) is 8.24. The number of ether oxygens (including phenoxy) is 1. The summed E-state index contributed by atoms with van der Waals surface area (Å²) < 4.78 is 5.51. The van der Waals surface area contributed by atoms with Crippen LogP contribution in [-0.2, 0) is 4.74 Å². The normalized spacial score (nSPS) is 22.5. The van der Waals surface area contributed by atoms with Crippen molar-refractivity contribution < 1.29 is 9.53 Å². The Labute approximate surface area is 132 Å². The number of piperazine rings is 1. The SMILES string of the molecule is CC(C)(C)OC(=O)N1CCNC(c2ccccc2C2CC2)C1. The Kier molecular flexibility index (Phi) is 4.13. The summed E-state index contributed by atoms with van der Waals surface area (Å²) in [7, 11) is 0. The summed E-state index contributed by atoms with van der Waals surface area (Å²) in [6.45, 7) is 7.92. The molecule has 1 saturated carbocycles. The van der Waals surface area contributed by atoms with Crippen molar-refractivity contribution in [2.45, 2.75) is 51.2 Å².